The lowest BCUT2D eigenvalue weighted by Crippen LogP contribution is -2.49. The van der Waals surface area contributed by atoms with Gasteiger partial charge in [-0.15, -0.1) is 0 Å². The SMILES string of the molecule is CC(C)(C)S(=O)N[C@H](Cc1cc(F)c(F)cc1F)C1CCN(C(=O)CCNC(=O)OCc2ccccc2)CC1. The number of piperidine rings is 1. The lowest BCUT2D eigenvalue weighted by molar-refractivity contribution is -0.132. The highest BCUT2D eigenvalue weighted by Gasteiger charge is 2.32. The van der Waals surface area contributed by atoms with Gasteiger partial charge in [0.05, 0.1) is 15.7 Å². The molecule has 0 bridgehead atoms. The Hall–Kier alpha value is -2.92. The minimum atomic E-state index is -1.47. The van der Waals surface area contributed by atoms with Gasteiger partial charge in [0.25, 0.3) is 0 Å². The highest BCUT2D eigenvalue weighted by Crippen LogP contribution is 2.26. The third kappa shape index (κ3) is 9.35. The van der Waals surface area contributed by atoms with Crippen LogP contribution in [0, 0.1) is 23.4 Å². The summed E-state index contributed by atoms with van der Waals surface area (Å²) in [6, 6.07) is 10.1. The van der Waals surface area contributed by atoms with Crippen molar-refractivity contribution in [1.82, 2.24) is 14.9 Å². The number of amides is 2. The fraction of sp³-hybridized carbons (Fsp3) is 0.500. The molecule has 2 aromatic rings. The summed E-state index contributed by atoms with van der Waals surface area (Å²) in [5.41, 5.74) is 0.860. The summed E-state index contributed by atoms with van der Waals surface area (Å²) in [6.45, 7) is 6.55. The quantitative estimate of drug-likeness (QED) is 0.410. The van der Waals surface area contributed by atoms with Crippen LogP contribution in [0.15, 0.2) is 42.5 Å². The monoisotopic (exact) mass is 567 g/mol. The van der Waals surface area contributed by atoms with Crippen molar-refractivity contribution in [3.05, 3.63) is 71.0 Å². The molecule has 0 saturated carbocycles. The molecule has 7 nitrogen and oxygen atoms in total. The Bertz CT molecular complexity index is 1150. The minimum absolute atomic E-state index is 0.000963. The molecule has 1 saturated heterocycles. The third-order valence-electron chi connectivity index (χ3n) is 6.63. The fourth-order valence-electron chi connectivity index (χ4n) is 4.33. The summed E-state index contributed by atoms with van der Waals surface area (Å²) < 4.78 is 62.1. The molecule has 2 aromatic carbocycles. The summed E-state index contributed by atoms with van der Waals surface area (Å²) >= 11 is 0. The Morgan fingerprint density at radius 2 is 1.69 bits per heavy atom. The second-order valence-electron chi connectivity index (χ2n) is 10.6. The van der Waals surface area contributed by atoms with E-state index in [1.165, 1.54) is 0 Å². The van der Waals surface area contributed by atoms with Gasteiger partial charge in [-0.05, 0) is 63.1 Å². The van der Waals surface area contributed by atoms with Crippen molar-refractivity contribution < 1.29 is 31.7 Å². The summed E-state index contributed by atoms with van der Waals surface area (Å²) in [7, 11) is -1.47. The molecule has 2 amide bonds. The summed E-state index contributed by atoms with van der Waals surface area (Å²) in [5.74, 6) is -3.44. The third-order valence-corrected chi connectivity index (χ3v) is 8.26. The highest BCUT2D eigenvalue weighted by atomic mass is 32.2. The molecule has 11 heteroatoms. The average Bonchev–Trinajstić information content (AvgIpc) is 2.90. The number of ether oxygens (including phenoxy) is 1. The van der Waals surface area contributed by atoms with E-state index in [2.05, 4.69) is 10.0 Å². The van der Waals surface area contributed by atoms with Crippen LogP contribution in [0.1, 0.15) is 51.2 Å². The van der Waals surface area contributed by atoms with E-state index in [0.717, 1.165) is 11.6 Å². The molecule has 1 aliphatic heterocycles. The van der Waals surface area contributed by atoms with Crippen LogP contribution < -0.4 is 10.0 Å². The van der Waals surface area contributed by atoms with Gasteiger partial charge in [-0.2, -0.15) is 0 Å². The van der Waals surface area contributed by atoms with Gasteiger partial charge in [-0.3, -0.25) is 4.79 Å². The predicted molar refractivity (Wildman–Crippen MR) is 143 cm³/mol. The number of hydrogen-bond donors (Lipinski definition) is 2. The van der Waals surface area contributed by atoms with E-state index in [1.807, 2.05) is 30.3 Å². The van der Waals surface area contributed by atoms with E-state index in [4.69, 9.17) is 4.74 Å². The molecule has 1 fully saturated rings. The number of likely N-dealkylation sites (tertiary alicyclic amines) is 1. The molecule has 0 radical (unpaired) electrons. The van der Waals surface area contributed by atoms with Crippen LogP contribution in [0.2, 0.25) is 0 Å². The van der Waals surface area contributed by atoms with Gasteiger partial charge in [0, 0.05) is 38.2 Å². The predicted octanol–water partition coefficient (Wildman–Crippen LogP) is 4.62. The zero-order valence-corrected chi connectivity index (χ0v) is 23.3. The van der Waals surface area contributed by atoms with Gasteiger partial charge in [0.1, 0.15) is 12.4 Å². The number of halogens is 3. The van der Waals surface area contributed by atoms with Crippen LogP contribution in [-0.2, 0) is 33.5 Å². The molecular weight excluding hydrogens is 531 g/mol. The lowest BCUT2D eigenvalue weighted by Gasteiger charge is -2.37. The topological polar surface area (TPSA) is 87.7 Å². The first kappa shape index (κ1) is 30.6. The van der Waals surface area contributed by atoms with Gasteiger partial charge < -0.3 is 15.0 Å². The minimum Gasteiger partial charge on any atom is -0.445 e. The number of carbonyl (C=O) groups excluding carboxylic acids is 2. The van der Waals surface area contributed by atoms with Gasteiger partial charge in [-0.1, -0.05) is 30.3 Å². The second kappa shape index (κ2) is 13.9. The number of alkyl carbamates (subject to hydrolysis) is 1. The van der Waals surface area contributed by atoms with Crippen LogP contribution in [0.25, 0.3) is 0 Å². The number of hydrogen-bond acceptors (Lipinski definition) is 4. The molecule has 1 heterocycles. The van der Waals surface area contributed by atoms with Crippen molar-refractivity contribution in [2.24, 2.45) is 5.92 Å². The summed E-state index contributed by atoms with van der Waals surface area (Å²) in [4.78, 5) is 26.3. The first-order chi connectivity index (χ1) is 18.4. The Kier molecular flexibility index (Phi) is 10.9. The van der Waals surface area contributed by atoms with E-state index in [1.54, 1.807) is 25.7 Å². The molecule has 2 N–H and O–H groups in total. The molecule has 1 aliphatic rings. The standard InChI is InChI=1S/C28H36F3N3O4S/c1-28(2,3)39(37)33-25(16-21-15-23(30)24(31)17-22(21)29)20-10-13-34(14-11-20)26(35)9-12-32-27(36)38-18-19-7-5-4-6-8-19/h4-8,15,17,20,25,33H,9-14,16,18H2,1-3H3,(H,32,36)/t25-,39?/m1/s1. The van der Waals surface area contributed by atoms with E-state index in [-0.39, 0.29) is 43.4 Å². The zero-order chi connectivity index (χ0) is 28.6. The molecule has 1 unspecified atom stereocenters. The number of nitrogens with one attached hydrogen (secondary N) is 2. The van der Waals surface area contributed by atoms with E-state index < -0.39 is 45.3 Å². The van der Waals surface area contributed by atoms with Crippen molar-refractivity contribution in [3.8, 4) is 0 Å². The maximum atomic E-state index is 14.4. The number of nitrogens with zero attached hydrogens (tertiary/aromatic N) is 1. The van der Waals surface area contributed by atoms with Crippen LogP contribution in [0.5, 0.6) is 0 Å². The Labute approximate surface area is 230 Å². The van der Waals surface area contributed by atoms with E-state index in [9.17, 15) is 27.0 Å². The molecular formula is C28H36F3N3O4S. The maximum Gasteiger partial charge on any atom is 0.407 e. The van der Waals surface area contributed by atoms with Crippen molar-refractivity contribution >= 4 is 23.0 Å². The van der Waals surface area contributed by atoms with Gasteiger partial charge in [0.15, 0.2) is 11.6 Å². The molecule has 3 rings (SSSR count). The van der Waals surface area contributed by atoms with Gasteiger partial charge in [0.2, 0.25) is 5.91 Å². The van der Waals surface area contributed by atoms with Crippen molar-refractivity contribution in [2.75, 3.05) is 19.6 Å². The molecule has 0 aliphatic carbocycles. The van der Waals surface area contributed by atoms with E-state index >= 15 is 0 Å². The zero-order valence-electron chi connectivity index (χ0n) is 22.5. The number of rotatable bonds is 10. The first-order valence-electron chi connectivity index (χ1n) is 13.0. The Balaban J connectivity index is 1.51. The fourth-order valence-corrected chi connectivity index (χ4v) is 5.24. The molecule has 39 heavy (non-hydrogen) atoms. The van der Waals surface area contributed by atoms with Crippen LogP contribution in [0.4, 0.5) is 18.0 Å². The van der Waals surface area contributed by atoms with Gasteiger partial charge in [-0.25, -0.2) is 26.9 Å². The molecule has 214 valence electrons. The van der Waals surface area contributed by atoms with Crippen LogP contribution >= 0.6 is 0 Å². The number of benzene rings is 2. The Morgan fingerprint density at radius 3 is 2.33 bits per heavy atom. The smallest absolute Gasteiger partial charge is 0.407 e. The highest BCUT2D eigenvalue weighted by molar-refractivity contribution is 7.84. The van der Waals surface area contributed by atoms with Crippen LogP contribution in [0.3, 0.4) is 0 Å². The lowest BCUT2D eigenvalue weighted by atomic mass is 9.86. The average molecular weight is 568 g/mol. The summed E-state index contributed by atoms with van der Waals surface area (Å²) in [6.07, 6.45) is 0.653. The van der Waals surface area contributed by atoms with Crippen molar-refractivity contribution in [1.29, 1.82) is 0 Å². The molecule has 0 aromatic heterocycles. The number of carbonyl (C=O) groups is 2. The van der Waals surface area contributed by atoms with Gasteiger partial charge >= 0.3 is 6.09 Å². The summed E-state index contributed by atoms with van der Waals surface area (Å²) in [5, 5.41) is 2.58. The molecule has 2 atom stereocenters. The molecule has 0 spiro atoms. The second-order valence-corrected chi connectivity index (χ2v) is 12.6. The normalized spacial score (nSPS) is 16.0. The van der Waals surface area contributed by atoms with Crippen molar-refractivity contribution in [3.63, 3.8) is 0 Å². The van der Waals surface area contributed by atoms with Crippen LogP contribution in [-0.4, -0.2) is 51.5 Å². The Morgan fingerprint density at radius 1 is 1.05 bits per heavy atom. The largest absolute Gasteiger partial charge is 0.445 e. The van der Waals surface area contributed by atoms with E-state index in [0.29, 0.717) is 32.0 Å². The maximum absolute atomic E-state index is 14.4. The van der Waals surface area contributed by atoms with Crippen molar-refractivity contribution in [2.45, 2.75) is 63.9 Å². The first-order valence-corrected chi connectivity index (χ1v) is 14.1.